The first-order valence-corrected chi connectivity index (χ1v) is 16.7. The predicted octanol–water partition coefficient (Wildman–Crippen LogP) is 5.54. The van der Waals surface area contributed by atoms with E-state index in [1.165, 1.54) is 0 Å². The fourth-order valence-electron chi connectivity index (χ4n) is 6.44. The molecule has 3 atom stereocenters. The monoisotopic (exact) mass is 574 g/mol. The summed E-state index contributed by atoms with van der Waals surface area (Å²) in [4.78, 5) is 0.571. The van der Waals surface area contributed by atoms with E-state index in [4.69, 9.17) is 0 Å². The van der Waals surface area contributed by atoms with Gasteiger partial charge in [0.25, 0.3) is 0 Å². The average Bonchev–Trinajstić information content (AvgIpc) is 3.39. The van der Waals surface area contributed by atoms with Gasteiger partial charge in [-0.05, 0) is 79.6 Å². The average molecular weight is 575 g/mol. The standard InChI is InChI=1S/C32H34N2O4S2/c1-23-7-13-28(14-8-23)39(35,36)33-19-17-30-31(33)18-20-34(40(37,38)29-15-9-24(2)10-16-29)32(30)22-25-11-12-26-5-3-4-6-27(26)21-25/h3-16,21,30-32H,17-20,22H2,1-2H3/t30-,31-,32+/m0/s1. The second-order valence-corrected chi connectivity index (χ2v) is 14.9. The largest absolute Gasteiger partial charge is 0.243 e. The zero-order chi connectivity index (χ0) is 28.1. The zero-order valence-corrected chi connectivity index (χ0v) is 24.4. The molecule has 4 aromatic rings. The van der Waals surface area contributed by atoms with Crippen LogP contribution in [0, 0.1) is 19.8 Å². The van der Waals surface area contributed by atoms with E-state index in [0.717, 1.165) is 27.5 Å². The van der Waals surface area contributed by atoms with Crippen molar-refractivity contribution in [3.8, 4) is 0 Å². The summed E-state index contributed by atoms with van der Waals surface area (Å²) in [6.45, 7) is 4.53. The molecule has 2 fully saturated rings. The van der Waals surface area contributed by atoms with Crippen LogP contribution in [0.3, 0.4) is 0 Å². The molecule has 4 aromatic carbocycles. The van der Waals surface area contributed by atoms with Crippen molar-refractivity contribution in [2.24, 2.45) is 5.92 Å². The van der Waals surface area contributed by atoms with Crippen LogP contribution in [-0.4, -0.2) is 50.6 Å². The van der Waals surface area contributed by atoms with Gasteiger partial charge in [-0.3, -0.25) is 0 Å². The Morgan fingerprint density at radius 1 is 0.650 bits per heavy atom. The van der Waals surface area contributed by atoms with Gasteiger partial charge < -0.3 is 0 Å². The number of hydrogen-bond acceptors (Lipinski definition) is 4. The lowest BCUT2D eigenvalue weighted by atomic mass is 9.83. The second-order valence-electron chi connectivity index (χ2n) is 11.1. The van der Waals surface area contributed by atoms with Gasteiger partial charge in [0.2, 0.25) is 20.0 Å². The second kappa shape index (κ2) is 10.4. The Bertz CT molecular complexity index is 1750. The fourth-order valence-corrected chi connectivity index (χ4v) is 9.84. The predicted molar refractivity (Wildman–Crippen MR) is 158 cm³/mol. The third kappa shape index (κ3) is 4.87. The molecule has 40 heavy (non-hydrogen) atoms. The number of aryl methyl sites for hydroxylation is 2. The van der Waals surface area contributed by atoms with E-state index in [-0.39, 0.29) is 29.4 Å². The van der Waals surface area contributed by atoms with E-state index in [2.05, 4.69) is 30.3 Å². The summed E-state index contributed by atoms with van der Waals surface area (Å²) in [5, 5.41) is 2.24. The lowest BCUT2D eigenvalue weighted by Gasteiger charge is -2.43. The summed E-state index contributed by atoms with van der Waals surface area (Å²) in [6, 6.07) is 27.8. The molecule has 0 radical (unpaired) electrons. The molecule has 2 heterocycles. The highest BCUT2D eigenvalue weighted by molar-refractivity contribution is 7.89. The van der Waals surface area contributed by atoms with Crippen molar-refractivity contribution in [2.75, 3.05) is 13.1 Å². The van der Waals surface area contributed by atoms with Gasteiger partial charge in [-0.1, -0.05) is 77.9 Å². The molecular weight excluding hydrogens is 540 g/mol. The number of benzene rings is 4. The summed E-state index contributed by atoms with van der Waals surface area (Å²) in [5.74, 6) is -0.110. The molecule has 6 rings (SSSR count). The van der Waals surface area contributed by atoms with Crippen molar-refractivity contribution >= 4 is 30.8 Å². The van der Waals surface area contributed by atoms with Crippen LogP contribution in [0.5, 0.6) is 0 Å². The molecule has 2 saturated heterocycles. The van der Waals surface area contributed by atoms with Crippen molar-refractivity contribution in [1.29, 1.82) is 0 Å². The summed E-state index contributed by atoms with van der Waals surface area (Å²) >= 11 is 0. The highest BCUT2D eigenvalue weighted by atomic mass is 32.2. The normalized spacial score (nSPS) is 22.4. The minimum absolute atomic E-state index is 0.110. The Kier molecular flexibility index (Phi) is 7.07. The van der Waals surface area contributed by atoms with Crippen LogP contribution in [0.1, 0.15) is 29.5 Å². The Labute approximate surface area is 237 Å². The molecule has 8 heteroatoms. The van der Waals surface area contributed by atoms with Crippen molar-refractivity contribution < 1.29 is 16.8 Å². The molecule has 208 valence electrons. The number of fused-ring (bicyclic) bond motifs is 2. The van der Waals surface area contributed by atoms with E-state index < -0.39 is 20.0 Å². The van der Waals surface area contributed by atoms with Crippen LogP contribution >= 0.6 is 0 Å². The SMILES string of the molecule is Cc1ccc(S(=O)(=O)N2CC[C@H]3[C@H](CCN3S(=O)(=O)c3ccc(C)cc3)[C@H]2Cc2ccc3ccccc3c2)cc1. The maximum atomic E-state index is 14.0. The first-order valence-electron chi connectivity index (χ1n) is 13.8. The lowest BCUT2D eigenvalue weighted by Crippen LogP contribution is -2.55. The number of nitrogens with zero attached hydrogens (tertiary/aromatic N) is 2. The van der Waals surface area contributed by atoms with Crippen molar-refractivity contribution in [3.63, 3.8) is 0 Å². The first kappa shape index (κ1) is 27.1. The summed E-state index contributed by atoms with van der Waals surface area (Å²) in [6.07, 6.45) is 1.61. The molecular formula is C32H34N2O4S2. The maximum Gasteiger partial charge on any atom is 0.243 e. The number of hydrogen-bond donors (Lipinski definition) is 0. The topological polar surface area (TPSA) is 74.8 Å². The molecule has 0 N–H and O–H groups in total. The molecule has 0 aromatic heterocycles. The summed E-state index contributed by atoms with van der Waals surface area (Å²) in [7, 11) is -7.47. The Morgan fingerprint density at radius 3 is 1.82 bits per heavy atom. The zero-order valence-electron chi connectivity index (χ0n) is 22.8. The minimum atomic E-state index is -3.77. The van der Waals surface area contributed by atoms with E-state index in [1.54, 1.807) is 32.9 Å². The van der Waals surface area contributed by atoms with Gasteiger partial charge in [0.05, 0.1) is 9.79 Å². The van der Waals surface area contributed by atoms with Crippen molar-refractivity contribution in [3.05, 3.63) is 108 Å². The van der Waals surface area contributed by atoms with Gasteiger partial charge in [-0.15, -0.1) is 0 Å². The Morgan fingerprint density at radius 2 is 1.20 bits per heavy atom. The molecule has 0 aliphatic carbocycles. The molecule has 0 saturated carbocycles. The van der Waals surface area contributed by atoms with Gasteiger partial charge >= 0.3 is 0 Å². The van der Waals surface area contributed by atoms with E-state index in [9.17, 15) is 16.8 Å². The van der Waals surface area contributed by atoms with Gasteiger partial charge in [0.1, 0.15) is 0 Å². The Hall–Kier alpha value is -3.04. The van der Waals surface area contributed by atoms with E-state index >= 15 is 0 Å². The third-order valence-electron chi connectivity index (χ3n) is 8.57. The van der Waals surface area contributed by atoms with Crippen molar-refractivity contribution in [2.45, 2.75) is 55.0 Å². The number of rotatable bonds is 6. The van der Waals surface area contributed by atoms with Gasteiger partial charge in [0, 0.05) is 25.2 Å². The van der Waals surface area contributed by atoms with Gasteiger partial charge in [-0.25, -0.2) is 16.8 Å². The van der Waals surface area contributed by atoms with Crippen LogP contribution in [-0.2, 0) is 26.5 Å². The highest BCUT2D eigenvalue weighted by Crippen LogP contribution is 2.42. The first-order chi connectivity index (χ1) is 19.1. The molecule has 0 amide bonds. The fraction of sp³-hybridized carbons (Fsp3) is 0.312. The van der Waals surface area contributed by atoms with Gasteiger partial charge in [-0.2, -0.15) is 8.61 Å². The third-order valence-corrected chi connectivity index (χ3v) is 12.4. The smallest absolute Gasteiger partial charge is 0.207 e. The maximum absolute atomic E-state index is 14.0. The van der Waals surface area contributed by atoms with E-state index in [1.807, 2.05) is 50.2 Å². The minimum Gasteiger partial charge on any atom is -0.207 e. The highest BCUT2D eigenvalue weighted by Gasteiger charge is 2.51. The van der Waals surface area contributed by atoms with Crippen LogP contribution in [0.15, 0.2) is 101 Å². The molecule has 2 aliphatic heterocycles. The van der Waals surface area contributed by atoms with Crippen molar-refractivity contribution in [1.82, 2.24) is 8.61 Å². The number of piperidine rings is 1. The van der Waals surface area contributed by atoms with Crippen LogP contribution < -0.4 is 0 Å². The number of sulfonamides is 2. The molecule has 0 bridgehead atoms. The molecule has 0 unspecified atom stereocenters. The Balaban J connectivity index is 1.37. The van der Waals surface area contributed by atoms with Crippen LogP contribution in [0.25, 0.3) is 10.8 Å². The lowest BCUT2D eigenvalue weighted by molar-refractivity contribution is 0.138. The van der Waals surface area contributed by atoms with E-state index in [0.29, 0.717) is 30.7 Å². The molecule has 6 nitrogen and oxygen atoms in total. The van der Waals surface area contributed by atoms with Gasteiger partial charge in [0.15, 0.2) is 0 Å². The van der Waals surface area contributed by atoms with Crippen LogP contribution in [0.2, 0.25) is 0 Å². The summed E-state index contributed by atoms with van der Waals surface area (Å²) < 4.78 is 58.8. The molecule has 0 spiro atoms. The van der Waals surface area contributed by atoms with Crippen LogP contribution in [0.4, 0.5) is 0 Å². The quantitative estimate of drug-likeness (QED) is 0.303. The summed E-state index contributed by atoms with van der Waals surface area (Å²) in [5.41, 5.74) is 3.05. The molecule has 2 aliphatic rings.